The highest BCUT2D eigenvalue weighted by Crippen LogP contribution is 2.32. The molecule has 0 bridgehead atoms. The van der Waals surface area contributed by atoms with Gasteiger partial charge in [-0.2, -0.15) is 11.8 Å². The van der Waals surface area contributed by atoms with Crippen LogP contribution in [0.2, 0.25) is 0 Å². The van der Waals surface area contributed by atoms with Gasteiger partial charge in [0.1, 0.15) is 0 Å². The average Bonchev–Trinajstić information content (AvgIpc) is 2.90. The van der Waals surface area contributed by atoms with E-state index >= 15 is 0 Å². The van der Waals surface area contributed by atoms with E-state index in [2.05, 4.69) is 21.9 Å². The molecule has 0 amide bonds. The van der Waals surface area contributed by atoms with E-state index in [1.165, 1.54) is 0 Å². The molecular weight excluding hydrogens is 389 g/mol. The summed E-state index contributed by atoms with van der Waals surface area (Å²) in [5, 5.41) is 6.52. The largest absolute Gasteiger partial charge is 0.454 e. The highest BCUT2D eigenvalue weighted by molar-refractivity contribution is 14.0. The molecule has 0 unspecified atom stereocenters. The second-order valence-electron chi connectivity index (χ2n) is 4.03. The minimum absolute atomic E-state index is 0. The SMILES string of the molecule is CN=C(NCCSC)NCc1ccc2c(c1)OCO2.I. The van der Waals surface area contributed by atoms with E-state index < -0.39 is 0 Å². The average molecular weight is 409 g/mol. The Morgan fingerprint density at radius 2 is 2.10 bits per heavy atom. The highest BCUT2D eigenvalue weighted by atomic mass is 127. The molecule has 112 valence electrons. The zero-order valence-corrected chi connectivity index (χ0v) is 14.8. The van der Waals surface area contributed by atoms with Gasteiger partial charge in [0.25, 0.3) is 0 Å². The van der Waals surface area contributed by atoms with Crippen LogP contribution in [0.4, 0.5) is 0 Å². The molecule has 1 heterocycles. The van der Waals surface area contributed by atoms with Gasteiger partial charge in [-0.3, -0.25) is 4.99 Å². The zero-order valence-electron chi connectivity index (χ0n) is 11.6. The quantitative estimate of drug-likeness (QED) is 0.338. The van der Waals surface area contributed by atoms with E-state index in [0.29, 0.717) is 13.3 Å². The lowest BCUT2D eigenvalue weighted by Gasteiger charge is -2.11. The topological polar surface area (TPSA) is 54.9 Å². The number of hydrogen-bond donors (Lipinski definition) is 2. The first-order valence-corrected chi connectivity index (χ1v) is 7.55. The highest BCUT2D eigenvalue weighted by Gasteiger charge is 2.12. The van der Waals surface area contributed by atoms with Gasteiger partial charge in [-0.25, -0.2) is 0 Å². The van der Waals surface area contributed by atoms with Crippen molar-refractivity contribution in [3.8, 4) is 11.5 Å². The van der Waals surface area contributed by atoms with Crippen molar-refractivity contribution in [2.24, 2.45) is 4.99 Å². The molecule has 1 aliphatic heterocycles. The third kappa shape index (κ3) is 4.93. The standard InChI is InChI=1S/C13H19N3O2S.HI/c1-14-13(15-5-6-19-2)16-8-10-3-4-11-12(7-10)18-9-17-11;/h3-4,7H,5-6,8-9H2,1-2H3,(H2,14,15,16);1H. The molecule has 2 rings (SSSR count). The van der Waals surface area contributed by atoms with Crippen LogP contribution >= 0.6 is 35.7 Å². The predicted octanol–water partition coefficient (Wildman–Crippen LogP) is 2.06. The Hall–Kier alpha value is -0.830. The number of nitrogens with zero attached hydrogens (tertiary/aromatic N) is 1. The van der Waals surface area contributed by atoms with Gasteiger partial charge in [-0.15, -0.1) is 24.0 Å². The molecule has 0 saturated heterocycles. The Labute approximate surface area is 140 Å². The lowest BCUT2D eigenvalue weighted by atomic mass is 10.2. The summed E-state index contributed by atoms with van der Waals surface area (Å²) in [6.45, 7) is 1.92. The number of ether oxygens (including phenoxy) is 2. The third-order valence-corrected chi connectivity index (χ3v) is 3.33. The lowest BCUT2D eigenvalue weighted by molar-refractivity contribution is 0.174. The van der Waals surface area contributed by atoms with Gasteiger partial charge in [-0.05, 0) is 24.0 Å². The molecule has 2 N–H and O–H groups in total. The number of halogens is 1. The monoisotopic (exact) mass is 409 g/mol. The van der Waals surface area contributed by atoms with Crippen molar-refractivity contribution in [2.75, 3.05) is 32.4 Å². The van der Waals surface area contributed by atoms with Gasteiger partial charge in [0.05, 0.1) is 0 Å². The Bertz CT molecular complexity index is 457. The number of aliphatic imine (C=N–C) groups is 1. The van der Waals surface area contributed by atoms with Gasteiger partial charge in [0.2, 0.25) is 6.79 Å². The summed E-state index contributed by atoms with van der Waals surface area (Å²) in [5.74, 6) is 3.49. The van der Waals surface area contributed by atoms with Crippen LogP contribution in [0.5, 0.6) is 11.5 Å². The smallest absolute Gasteiger partial charge is 0.231 e. The summed E-state index contributed by atoms with van der Waals surface area (Å²) in [4.78, 5) is 4.18. The summed E-state index contributed by atoms with van der Waals surface area (Å²) >= 11 is 1.81. The number of benzene rings is 1. The molecule has 0 aromatic heterocycles. The maximum atomic E-state index is 5.35. The number of hydrogen-bond acceptors (Lipinski definition) is 4. The van der Waals surface area contributed by atoms with Crippen LogP contribution in [0, 0.1) is 0 Å². The van der Waals surface area contributed by atoms with E-state index in [1.54, 1.807) is 18.8 Å². The Morgan fingerprint density at radius 1 is 1.30 bits per heavy atom. The fourth-order valence-corrected chi connectivity index (χ4v) is 2.03. The fraction of sp³-hybridized carbons (Fsp3) is 0.462. The molecule has 20 heavy (non-hydrogen) atoms. The van der Waals surface area contributed by atoms with Gasteiger partial charge in [0, 0.05) is 25.9 Å². The number of nitrogens with one attached hydrogen (secondary N) is 2. The Kier molecular flexibility index (Phi) is 7.90. The van der Waals surface area contributed by atoms with Crippen molar-refractivity contribution >= 4 is 41.7 Å². The summed E-state index contributed by atoms with van der Waals surface area (Å²) in [7, 11) is 1.77. The summed E-state index contributed by atoms with van der Waals surface area (Å²) in [5.41, 5.74) is 1.14. The normalized spacial score (nSPS) is 12.8. The molecule has 1 aliphatic rings. The second-order valence-corrected chi connectivity index (χ2v) is 5.02. The van der Waals surface area contributed by atoms with Crippen molar-refractivity contribution in [1.82, 2.24) is 10.6 Å². The summed E-state index contributed by atoms with van der Waals surface area (Å²) in [6, 6.07) is 5.95. The Morgan fingerprint density at radius 3 is 2.85 bits per heavy atom. The van der Waals surface area contributed by atoms with Gasteiger partial charge < -0.3 is 20.1 Å². The van der Waals surface area contributed by atoms with Crippen LogP contribution in [-0.4, -0.2) is 38.4 Å². The van der Waals surface area contributed by atoms with Crippen molar-refractivity contribution in [2.45, 2.75) is 6.54 Å². The maximum absolute atomic E-state index is 5.35. The van der Waals surface area contributed by atoms with Crippen LogP contribution in [0.15, 0.2) is 23.2 Å². The second kappa shape index (κ2) is 9.17. The van der Waals surface area contributed by atoms with Crippen LogP contribution in [0.3, 0.4) is 0 Å². The van der Waals surface area contributed by atoms with E-state index in [1.807, 2.05) is 18.2 Å². The molecule has 1 aromatic rings. The molecular formula is C13H20IN3O2S. The summed E-state index contributed by atoms with van der Waals surface area (Å²) in [6.07, 6.45) is 2.09. The van der Waals surface area contributed by atoms with Gasteiger partial charge in [-0.1, -0.05) is 6.07 Å². The van der Waals surface area contributed by atoms with Gasteiger partial charge >= 0.3 is 0 Å². The number of rotatable bonds is 5. The molecule has 0 spiro atoms. The molecule has 1 aromatic carbocycles. The molecule has 0 radical (unpaired) electrons. The molecule has 0 atom stereocenters. The number of thioether (sulfide) groups is 1. The predicted molar refractivity (Wildman–Crippen MR) is 94.6 cm³/mol. The first kappa shape index (κ1) is 17.2. The van der Waals surface area contributed by atoms with E-state index in [4.69, 9.17) is 9.47 Å². The molecule has 7 heteroatoms. The minimum atomic E-state index is 0. The maximum Gasteiger partial charge on any atom is 0.231 e. The van der Waals surface area contributed by atoms with Crippen LogP contribution in [0.1, 0.15) is 5.56 Å². The van der Waals surface area contributed by atoms with Crippen molar-refractivity contribution in [1.29, 1.82) is 0 Å². The van der Waals surface area contributed by atoms with Crippen molar-refractivity contribution < 1.29 is 9.47 Å². The van der Waals surface area contributed by atoms with Crippen LogP contribution in [-0.2, 0) is 6.54 Å². The van der Waals surface area contributed by atoms with Crippen LogP contribution < -0.4 is 20.1 Å². The molecule has 0 aliphatic carbocycles. The Balaban J connectivity index is 0.00000200. The number of fused-ring (bicyclic) bond motifs is 1. The van der Waals surface area contributed by atoms with Crippen molar-refractivity contribution in [3.63, 3.8) is 0 Å². The zero-order chi connectivity index (χ0) is 13.5. The first-order chi connectivity index (χ1) is 9.33. The van der Waals surface area contributed by atoms with E-state index in [0.717, 1.165) is 35.3 Å². The van der Waals surface area contributed by atoms with Crippen molar-refractivity contribution in [3.05, 3.63) is 23.8 Å². The number of guanidine groups is 1. The molecule has 0 saturated carbocycles. The minimum Gasteiger partial charge on any atom is -0.454 e. The fourth-order valence-electron chi connectivity index (χ4n) is 1.73. The first-order valence-electron chi connectivity index (χ1n) is 6.15. The molecule has 5 nitrogen and oxygen atoms in total. The van der Waals surface area contributed by atoms with Gasteiger partial charge in [0.15, 0.2) is 17.5 Å². The van der Waals surface area contributed by atoms with Crippen LogP contribution in [0.25, 0.3) is 0 Å². The summed E-state index contributed by atoms with van der Waals surface area (Å²) < 4.78 is 10.6. The molecule has 0 fully saturated rings. The lowest BCUT2D eigenvalue weighted by Crippen LogP contribution is -2.37. The third-order valence-electron chi connectivity index (χ3n) is 2.72. The van der Waals surface area contributed by atoms with E-state index in [9.17, 15) is 0 Å². The van der Waals surface area contributed by atoms with E-state index in [-0.39, 0.29) is 24.0 Å².